The van der Waals surface area contributed by atoms with Gasteiger partial charge in [-0.15, -0.1) is 12.4 Å². The van der Waals surface area contributed by atoms with E-state index in [1.54, 1.807) is 6.07 Å². The maximum atomic E-state index is 12.0. The number of nitrogens with one attached hydrogen (secondary N) is 1. The summed E-state index contributed by atoms with van der Waals surface area (Å²) >= 11 is 0. The van der Waals surface area contributed by atoms with Crippen molar-refractivity contribution in [3.05, 3.63) is 24.0 Å². The molecule has 1 amide bonds. The van der Waals surface area contributed by atoms with Crippen LogP contribution < -0.4 is 11.1 Å². The Balaban J connectivity index is 0.00000289. The van der Waals surface area contributed by atoms with Crippen LogP contribution in [0.4, 0.5) is 0 Å². The lowest BCUT2D eigenvalue weighted by molar-refractivity contribution is 0.0875. The summed E-state index contributed by atoms with van der Waals surface area (Å²) in [5.74, 6) is -0.361. The molecule has 0 aliphatic carbocycles. The second kappa shape index (κ2) is 6.56. The zero-order valence-electron chi connectivity index (χ0n) is 10.8. The van der Waals surface area contributed by atoms with Crippen LogP contribution in [-0.4, -0.2) is 28.1 Å². The predicted molar refractivity (Wildman–Crippen MR) is 72.9 cm³/mol. The second-order valence-electron chi connectivity index (χ2n) is 4.60. The van der Waals surface area contributed by atoms with Crippen molar-refractivity contribution in [3.8, 4) is 5.75 Å². The van der Waals surface area contributed by atoms with E-state index in [0.29, 0.717) is 6.54 Å². The Morgan fingerprint density at radius 3 is 2.67 bits per heavy atom. The molecule has 1 aromatic heterocycles. The summed E-state index contributed by atoms with van der Waals surface area (Å²) in [4.78, 5) is 15.8. The fourth-order valence-electron chi connectivity index (χ4n) is 1.32. The molecule has 0 saturated carbocycles. The third-order valence-electron chi connectivity index (χ3n) is 3.10. The maximum absolute atomic E-state index is 12.0. The second-order valence-corrected chi connectivity index (χ2v) is 4.60. The van der Waals surface area contributed by atoms with Gasteiger partial charge in [-0.1, -0.05) is 13.8 Å². The van der Waals surface area contributed by atoms with E-state index in [1.165, 1.54) is 12.3 Å². The van der Waals surface area contributed by atoms with E-state index < -0.39 is 11.4 Å². The van der Waals surface area contributed by atoms with Crippen molar-refractivity contribution in [2.24, 2.45) is 11.7 Å². The number of aromatic hydroxyl groups is 1. The van der Waals surface area contributed by atoms with Gasteiger partial charge >= 0.3 is 0 Å². The number of nitrogens with two attached hydrogens (primary N) is 1. The molecule has 0 spiro atoms. The van der Waals surface area contributed by atoms with Crippen molar-refractivity contribution < 1.29 is 9.90 Å². The van der Waals surface area contributed by atoms with E-state index >= 15 is 0 Å². The summed E-state index contributed by atoms with van der Waals surface area (Å²) in [5, 5.41) is 12.3. The Morgan fingerprint density at radius 1 is 1.61 bits per heavy atom. The van der Waals surface area contributed by atoms with Crippen molar-refractivity contribution in [2.75, 3.05) is 6.54 Å². The van der Waals surface area contributed by atoms with Crippen molar-refractivity contribution in [1.82, 2.24) is 10.3 Å². The minimum Gasteiger partial charge on any atom is -0.505 e. The van der Waals surface area contributed by atoms with E-state index in [4.69, 9.17) is 5.73 Å². The molecule has 0 bridgehead atoms. The third kappa shape index (κ3) is 3.58. The van der Waals surface area contributed by atoms with E-state index in [0.717, 1.165) is 0 Å². The standard InChI is InChI=1S/C12H19N3O2.ClH/c1-8(2)12(3,7-13)15-11(17)10-9(16)5-4-6-14-10;/h4-6,8,16H,7,13H2,1-3H3,(H,15,17);1H. The van der Waals surface area contributed by atoms with Crippen LogP contribution in [0.2, 0.25) is 0 Å². The van der Waals surface area contributed by atoms with Crippen LogP contribution in [0, 0.1) is 5.92 Å². The van der Waals surface area contributed by atoms with Crippen LogP contribution in [0.5, 0.6) is 5.75 Å². The van der Waals surface area contributed by atoms with Crippen LogP contribution in [0.25, 0.3) is 0 Å². The SMILES string of the molecule is CC(C)C(C)(CN)NC(=O)c1ncccc1O.Cl. The molecule has 1 atom stereocenters. The fourth-order valence-corrected chi connectivity index (χ4v) is 1.32. The highest BCUT2D eigenvalue weighted by Crippen LogP contribution is 2.18. The van der Waals surface area contributed by atoms with Crippen LogP contribution in [0.15, 0.2) is 18.3 Å². The zero-order valence-corrected chi connectivity index (χ0v) is 11.6. The smallest absolute Gasteiger partial charge is 0.274 e. The number of rotatable bonds is 4. The zero-order chi connectivity index (χ0) is 13.1. The Labute approximate surface area is 113 Å². The molecule has 0 aliphatic rings. The Morgan fingerprint density at radius 2 is 2.22 bits per heavy atom. The molecular formula is C12H20ClN3O2. The first-order valence-electron chi connectivity index (χ1n) is 5.57. The molecule has 5 nitrogen and oxygen atoms in total. The molecule has 4 N–H and O–H groups in total. The van der Waals surface area contributed by atoms with E-state index in [2.05, 4.69) is 10.3 Å². The molecule has 0 saturated heterocycles. The monoisotopic (exact) mass is 273 g/mol. The first-order chi connectivity index (χ1) is 7.90. The molecule has 0 fully saturated rings. The van der Waals surface area contributed by atoms with E-state index in [-0.39, 0.29) is 29.8 Å². The normalized spacial score (nSPS) is 13.6. The van der Waals surface area contributed by atoms with E-state index in [9.17, 15) is 9.90 Å². The number of amides is 1. The average molecular weight is 274 g/mol. The lowest BCUT2D eigenvalue weighted by Crippen LogP contribution is -2.55. The molecule has 1 rings (SSSR count). The Bertz CT molecular complexity index is 412. The number of pyridine rings is 1. The van der Waals surface area contributed by atoms with Gasteiger partial charge in [0.05, 0.1) is 5.54 Å². The molecule has 1 aromatic rings. The number of hydrogen-bond acceptors (Lipinski definition) is 4. The fraction of sp³-hybridized carbons (Fsp3) is 0.500. The topological polar surface area (TPSA) is 88.2 Å². The van der Waals surface area contributed by atoms with Gasteiger partial charge < -0.3 is 16.2 Å². The Hall–Kier alpha value is -1.33. The van der Waals surface area contributed by atoms with Crippen LogP contribution in [0.1, 0.15) is 31.3 Å². The lowest BCUT2D eigenvalue weighted by atomic mass is 9.88. The summed E-state index contributed by atoms with van der Waals surface area (Å²) < 4.78 is 0. The highest BCUT2D eigenvalue weighted by Gasteiger charge is 2.30. The van der Waals surface area contributed by atoms with Crippen molar-refractivity contribution >= 4 is 18.3 Å². The highest BCUT2D eigenvalue weighted by molar-refractivity contribution is 5.95. The molecule has 0 radical (unpaired) electrons. The van der Waals surface area contributed by atoms with E-state index in [1.807, 2.05) is 20.8 Å². The number of hydrogen-bond donors (Lipinski definition) is 3. The number of carbonyl (C=O) groups excluding carboxylic acids is 1. The van der Waals surface area contributed by atoms with Gasteiger partial charge in [0.1, 0.15) is 5.75 Å². The van der Waals surface area contributed by atoms with Gasteiger partial charge in [0, 0.05) is 12.7 Å². The Kier molecular flexibility index (Phi) is 6.08. The largest absolute Gasteiger partial charge is 0.505 e. The van der Waals surface area contributed by atoms with Crippen molar-refractivity contribution in [1.29, 1.82) is 0 Å². The summed E-state index contributed by atoms with van der Waals surface area (Å²) in [6, 6.07) is 2.99. The van der Waals surface area contributed by atoms with Gasteiger partial charge in [-0.2, -0.15) is 0 Å². The number of carbonyl (C=O) groups is 1. The first-order valence-corrected chi connectivity index (χ1v) is 5.57. The van der Waals surface area contributed by atoms with Gasteiger partial charge in [-0.25, -0.2) is 4.98 Å². The molecule has 6 heteroatoms. The number of halogens is 1. The molecule has 102 valence electrons. The van der Waals surface area contributed by atoms with Crippen LogP contribution >= 0.6 is 12.4 Å². The van der Waals surface area contributed by atoms with Crippen molar-refractivity contribution in [2.45, 2.75) is 26.3 Å². The van der Waals surface area contributed by atoms with Gasteiger partial charge in [-0.3, -0.25) is 4.79 Å². The average Bonchev–Trinajstić information content (AvgIpc) is 2.29. The molecular weight excluding hydrogens is 254 g/mol. The van der Waals surface area contributed by atoms with Gasteiger partial charge in [0.25, 0.3) is 5.91 Å². The summed E-state index contributed by atoms with van der Waals surface area (Å²) in [7, 11) is 0. The van der Waals surface area contributed by atoms with Gasteiger partial charge in [0.15, 0.2) is 5.69 Å². The maximum Gasteiger partial charge on any atom is 0.274 e. The third-order valence-corrected chi connectivity index (χ3v) is 3.10. The molecule has 18 heavy (non-hydrogen) atoms. The predicted octanol–water partition coefficient (Wildman–Crippen LogP) is 1.31. The molecule has 0 aliphatic heterocycles. The minimum atomic E-state index is -0.513. The van der Waals surface area contributed by atoms with Gasteiger partial charge in [0.2, 0.25) is 0 Å². The molecule has 1 heterocycles. The van der Waals surface area contributed by atoms with Crippen LogP contribution in [-0.2, 0) is 0 Å². The summed E-state index contributed by atoms with van der Waals surface area (Å²) in [6.45, 7) is 6.15. The van der Waals surface area contributed by atoms with Crippen LogP contribution in [0.3, 0.4) is 0 Å². The summed E-state index contributed by atoms with van der Waals surface area (Å²) in [5.41, 5.74) is 5.18. The number of nitrogens with zero attached hydrogens (tertiary/aromatic N) is 1. The molecule has 1 unspecified atom stereocenters. The highest BCUT2D eigenvalue weighted by atomic mass is 35.5. The van der Waals surface area contributed by atoms with Crippen molar-refractivity contribution in [3.63, 3.8) is 0 Å². The molecule has 0 aromatic carbocycles. The number of aromatic nitrogens is 1. The lowest BCUT2D eigenvalue weighted by Gasteiger charge is -2.33. The first kappa shape index (κ1) is 16.7. The minimum absolute atomic E-state index is 0. The summed E-state index contributed by atoms with van der Waals surface area (Å²) in [6.07, 6.45) is 1.46. The van der Waals surface area contributed by atoms with Gasteiger partial charge in [-0.05, 0) is 25.0 Å². The quantitative estimate of drug-likeness (QED) is 0.772.